The molecule has 0 unspecified atom stereocenters. The number of furan rings is 1. The molecule has 2 aromatic heterocycles. The molecule has 5 heteroatoms. The van der Waals surface area contributed by atoms with Gasteiger partial charge in [0.1, 0.15) is 11.3 Å². The molecule has 132 valence electrons. The smallest absolute Gasteiger partial charge is 0.261 e. The summed E-state index contributed by atoms with van der Waals surface area (Å²) in [7, 11) is 0. The van der Waals surface area contributed by atoms with E-state index in [1.807, 2.05) is 12.1 Å². The summed E-state index contributed by atoms with van der Waals surface area (Å²) in [4.78, 5) is 29.7. The first-order chi connectivity index (χ1) is 12.6. The number of H-pyrrole nitrogens is 1. The highest BCUT2D eigenvalue weighted by atomic mass is 16.3. The van der Waals surface area contributed by atoms with Gasteiger partial charge in [-0.3, -0.25) is 9.59 Å². The van der Waals surface area contributed by atoms with E-state index in [0.717, 1.165) is 6.42 Å². The van der Waals surface area contributed by atoms with E-state index < -0.39 is 0 Å². The molecule has 1 N–H and O–H groups in total. The normalized spacial score (nSPS) is 16.8. The van der Waals surface area contributed by atoms with Crippen molar-refractivity contribution in [3.05, 3.63) is 81.8 Å². The van der Waals surface area contributed by atoms with Gasteiger partial charge in [-0.05, 0) is 48.7 Å². The number of carbonyl (C=O) groups excluding carboxylic acids is 1. The molecular formula is C21H20N2O3. The molecule has 0 spiro atoms. The fourth-order valence-corrected chi connectivity index (χ4v) is 3.63. The predicted octanol–water partition coefficient (Wildman–Crippen LogP) is 3.57. The van der Waals surface area contributed by atoms with Crippen molar-refractivity contribution in [1.29, 1.82) is 0 Å². The van der Waals surface area contributed by atoms with Gasteiger partial charge in [-0.25, -0.2) is 0 Å². The van der Waals surface area contributed by atoms with Crippen LogP contribution in [-0.2, 0) is 0 Å². The van der Waals surface area contributed by atoms with E-state index in [1.165, 1.54) is 11.1 Å². The lowest BCUT2D eigenvalue weighted by atomic mass is 9.94. The van der Waals surface area contributed by atoms with E-state index in [9.17, 15) is 9.59 Å². The molecule has 5 nitrogen and oxygen atoms in total. The minimum atomic E-state index is -0.386. The summed E-state index contributed by atoms with van der Waals surface area (Å²) in [6, 6.07) is 15.1. The lowest BCUT2D eigenvalue weighted by Crippen LogP contribution is -2.33. The van der Waals surface area contributed by atoms with Crippen molar-refractivity contribution in [3.8, 4) is 11.5 Å². The van der Waals surface area contributed by atoms with Crippen molar-refractivity contribution in [2.45, 2.75) is 19.3 Å². The molecule has 0 radical (unpaired) electrons. The Morgan fingerprint density at radius 2 is 2.00 bits per heavy atom. The Hall–Kier alpha value is -3.08. The van der Waals surface area contributed by atoms with Gasteiger partial charge >= 0.3 is 0 Å². The van der Waals surface area contributed by atoms with Gasteiger partial charge in [0, 0.05) is 19.0 Å². The molecule has 3 aromatic rings. The number of hydrogen-bond donors (Lipinski definition) is 1. The maximum absolute atomic E-state index is 12.8. The van der Waals surface area contributed by atoms with Gasteiger partial charge in [0.2, 0.25) is 0 Å². The number of aromatic nitrogens is 1. The molecule has 0 aliphatic carbocycles. The van der Waals surface area contributed by atoms with Crippen LogP contribution in [0, 0.1) is 6.92 Å². The number of aryl methyl sites for hydroxylation is 1. The number of rotatable bonds is 3. The Kier molecular flexibility index (Phi) is 4.21. The zero-order valence-corrected chi connectivity index (χ0v) is 14.6. The summed E-state index contributed by atoms with van der Waals surface area (Å²) < 4.78 is 5.28. The molecule has 4 rings (SSSR count). The number of carbonyl (C=O) groups is 1. The fourth-order valence-electron chi connectivity index (χ4n) is 3.63. The number of benzene rings is 1. The third-order valence-corrected chi connectivity index (χ3v) is 5.03. The van der Waals surface area contributed by atoms with Crippen LogP contribution in [0.3, 0.4) is 0 Å². The monoisotopic (exact) mass is 348 g/mol. The average Bonchev–Trinajstić information content (AvgIpc) is 3.34. The maximum Gasteiger partial charge on any atom is 0.261 e. The third kappa shape index (κ3) is 2.96. The van der Waals surface area contributed by atoms with Gasteiger partial charge in [0.15, 0.2) is 0 Å². The molecule has 1 aliphatic rings. The van der Waals surface area contributed by atoms with Gasteiger partial charge in [-0.2, -0.15) is 0 Å². The Morgan fingerprint density at radius 3 is 2.73 bits per heavy atom. The Labute approximate surface area is 151 Å². The molecule has 0 bridgehead atoms. The standard InChI is InChI=1S/C21H20N2O3/c1-14-5-2-3-6-16(14)15-10-11-23(13-15)21(25)17-8-9-18(22-20(17)24)19-7-4-12-26-19/h2-9,12,15H,10-11,13H2,1H3,(H,22,24)/t15-/m1/s1. The molecule has 1 saturated heterocycles. The zero-order chi connectivity index (χ0) is 18.1. The molecule has 3 heterocycles. The van der Waals surface area contributed by atoms with Crippen molar-refractivity contribution in [2.24, 2.45) is 0 Å². The zero-order valence-electron chi connectivity index (χ0n) is 14.6. The van der Waals surface area contributed by atoms with Gasteiger partial charge in [-0.15, -0.1) is 0 Å². The van der Waals surface area contributed by atoms with Crippen LogP contribution < -0.4 is 5.56 Å². The van der Waals surface area contributed by atoms with Gasteiger partial charge < -0.3 is 14.3 Å². The van der Waals surface area contributed by atoms with Crippen molar-refractivity contribution in [3.63, 3.8) is 0 Å². The van der Waals surface area contributed by atoms with Gasteiger partial charge in [0.05, 0.1) is 12.0 Å². The quantitative estimate of drug-likeness (QED) is 0.787. The molecule has 1 atom stereocenters. The van der Waals surface area contributed by atoms with Crippen LogP contribution in [0.5, 0.6) is 0 Å². The van der Waals surface area contributed by atoms with Crippen molar-refractivity contribution in [1.82, 2.24) is 9.88 Å². The number of amides is 1. The number of nitrogens with one attached hydrogen (secondary N) is 1. The lowest BCUT2D eigenvalue weighted by Gasteiger charge is -2.17. The number of nitrogens with zero attached hydrogens (tertiary/aromatic N) is 1. The second-order valence-corrected chi connectivity index (χ2v) is 6.69. The van der Waals surface area contributed by atoms with Crippen LogP contribution in [0.2, 0.25) is 0 Å². The topological polar surface area (TPSA) is 66.3 Å². The first kappa shape index (κ1) is 16.4. The summed E-state index contributed by atoms with van der Waals surface area (Å²) in [5.74, 6) is 0.678. The van der Waals surface area contributed by atoms with Crippen LogP contribution in [0.1, 0.15) is 33.8 Å². The Morgan fingerprint density at radius 1 is 1.15 bits per heavy atom. The van der Waals surface area contributed by atoms with Crippen molar-refractivity contribution >= 4 is 5.91 Å². The highest BCUT2D eigenvalue weighted by Crippen LogP contribution is 2.30. The van der Waals surface area contributed by atoms with Crippen LogP contribution in [-0.4, -0.2) is 28.9 Å². The molecule has 26 heavy (non-hydrogen) atoms. The Bertz CT molecular complexity index is 988. The molecule has 0 saturated carbocycles. The van der Waals surface area contributed by atoms with E-state index in [-0.39, 0.29) is 17.0 Å². The third-order valence-electron chi connectivity index (χ3n) is 5.03. The minimum Gasteiger partial charge on any atom is -0.463 e. The summed E-state index contributed by atoms with van der Waals surface area (Å²) in [5, 5.41) is 0. The summed E-state index contributed by atoms with van der Waals surface area (Å²) in [5.41, 5.74) is 2.88. The predicted molar refractivity (Wildman–Crippen MR) is 99.2 cm³/mol. The SMILES string of the molecule is Cc1ccccc1[C@@H]1CCN(C(=O)c2ccc(-c3ccco3)[nH]c2=O)C1. The second-order valence-electron chi connectivity index (χ2n) is 6.69. The van der Waals surface area contributed by atoms with E-state index in [1.54, 1.807) is 35.4 Å². The van der Waals surface area contributed by atoms with Gasteiger partial charge in [-0.1, -0.05) is 24.3 Å². The van der Waals surface area contributed by atoms with E-state index in [2.05, 4.69) is 24.0 Å². The van der Waals surface area contributed by atoms with Gasteiger partial charge in [0.25, 0.3) is 11.5 Å². The summed E-state index contributed by atoms with van der Waals surface area (Å²) >= 11 is 0. The first-order valence-electron chi connectivity index (χ1n) is 8.75. The molecule has 1 aliphatic heterocycles. The Balaban J connectivity index is 1.54. The minimum absolute atomic E-state index is 0.172. The number of pyridine rings is 1. The number of aromatic amines is 1. The first-order valence-corrected chi connectivity index (χ1v) is 8.75. The van der Waals surface area contributed by atoms with Crippen molar-refractivity contribution < 1.29 is 9.21 Å². The molecule has 1 amide bonds. The van der Waals surface area contributed by atoms with Crippen LogP contribution in [0.4, 0.5) is 0 Å². The van der Waals surface area contributed by atoms with E-state index in [0.29, 0.717) is 30.5 Å². The average molecular weight is 348 g/mol. The lowest BCUT2D eigenvalue weighted by molar-refractivity contribution is 0.0789. The summed E-state index contributed by atoms with van der Waals surface area (Å²) in [6.45, 7) is 3.40. The highest BCUT2D eigenvalue weighted by molar-refractivity contribution is 5.94. The van der Waals surface area contributed by atoms with E-state index in [4.69, 9.17) is 4.42 Å². The van der Waals surface area contributed by atoms with Crippen molar-refractivity contribution in [2.75, 3.05) is 13.1 Å². The number of likely N-dealkylation sites (tertiary alicyclic amines) is 1. The largest absolute Gasteiger partial charge is 0.463 e. The summed E-state index contributed by atoms with van der Waals surface area (Å²) in [6.07, 6.45) is 2.46. The molecular weight excluding hydrogens is 328 g/mol. The fraction of sp³-hybridized carbons (Fsp3) is 0.238. The maximum atomic E-state index is 12.8. The van der Waals surface area contributed by atoms with E-state index >= 15 is 0 Å². The van der Waals surface area contributed by atoms with Crippen LogP contribution >= 0.6 is 0 Å². The van der Waals surface area contributed by atoms with Crippen LogP contribution in [0.15, 0.2) is 64.0 Å². The highest BCUT2D eigenvalue weighted by Gasteiger charge is 2.29. The number of hydrogen-bond acceptors (Lipinski definition) is 3. The second kappa shape index (κ2) is 6.67. The molecule has 1 fully saturated rings. The van der Waals surface area contributed by atoms with Crippen LogP contribution in [0.25, 0.3) is 11.5 Å². The molecule has 1 aromatic carbocycles.